The van der Waals surface area contributed by atoms with Gasteiger partial charge in [-0.05, 0) is 31.2 Å². The lowest BCUT2D eigenvalue weighted by Gasteiger charge is -2.36. The highest BCUT2D eigenvalue weighted by molar-refractivity contribution is 5.81. The third kappa shape index (κ3) is 3.76. The van der Waals surface area contributed by atoms with Gasteiger partial charge in [-0.3, -0.25) is 9.69 Å². The molecule has 0 radical (unpaired) electrons. The lowest BCUT2D eigenvalue weighted by atomic mass is 10.2. The van der Waals surface area contributed by atoms with Crippen LogP contribution in [0.5, 0.6) is 11.5 Å². The second-order valence-corrected chi connectivity index (χ2v) is 6.05. The number of piperazine rings is 1. The molecular formula is C17H25N3O3. The van der Waals surface area contributed by atoms with Gasteiger partial charge in [0.1, 0.15) is 0 Å². The molecule has 0 saturated carbocycles. The minimum absolute atomic E-state index is 0.0765. The number of carbonyl (C=O) groups excluding carboxylic acids is 1. The zero-order chi connectivity index (χ0) is 16.2. The number of likely N-dealkylation sites (N-methyl/N-ethyl adjacent to an activating group) is 1. The Morgan fingerprint density at radius 1 is 1.22 bits per heavy atom. The average Bonchev–Trinajstić information content (AvgIpc) is 3.06. The number of fused-ring (bicyclic) bond motifs is 1. The maximum absolute atomic E-state index is 12.4. The summed E-state index contributed by atoms with van der Waals surface area (Å²) in [6.45, 7) is 10.00. The van der Waals surface area contributed by atoms with Crippen LogP contribution < -0.4 is 14.8 Å². The van der Waals surface area contributed by atoms with Gasteiger partial charge in [-0.25, -0.2) is 0 Å². The molecule has 2 heterocycles. The molecule has 2 aliphatic heterocycles. The Morgan fingerprint density at radius 3 is 2.70 bits per heavy atom. The van der Waals surface area contributed by atoms with Gasteiger partial charge in [-0.1, -0.05) is 13.0 Å². The first-order valence-corrected chi connectivity index (χ1v) is 8.30. The molecule has 0 spiro atoms. The van der Waals surface area contributed by atoms with Crippen molar-refractivity contribution in [2.75, 3.05) is 39.5 Å². The summed E-state index contributed by atoms with van der Waals surface area (Å²) >= 11 is 0. The van der Waals surface area contributed by atoms with Crippen LogP contribution in [0.3, 0.4) is 0 Å². The second kappa shape index (κ2) is 7.19. The van der Waals surface area contributed by atoms with E-state index in [0.29, 0.717) is 6.54 Å². The van der Waals surface area contributed by atoms with Crippen molar-refractivity contribution >= 4 is 5.91 Å². The number of rotatable bonds is 5. The van der Waals surface area contributed by atoms with E-state index < -0.39 is 0 Å². The summed E-state index contributed by atoms with van der Waals surface area (Å²) in [6, 6.07) is 5.67. The highest BCUT2D eigenvalue weighted by atomic mass is 16.7. The molecule has 0 unspecified atom stereocenters. The summed E-state index contributed by atoms with van der Waals surface area (Å²) in [6.07, 6.45) is 0. The van der Waals surface area contributed by atoms with Crippen molar-refractivity contribution < 1.29 is 14.3 Å². The van der Waals surface area contributed by atoms with E-state index in [0.717, 1.165) is 49.8 Å². The fourth-order valence-corrected chi connectivity index (χ4v) is 3.02. The lowest BCUT2D eigenvalue weighted by molar-refractivity contribution is -0.126. The third-order valence-electron chi connectivity index (χ3n) is 4.68. The number of carbonyl (C=O) groups is 1. The standard InChI is InChI=1S/C17H25N3O3/c1-3-19-6-8-20(9-7-19)13(2)17(21)18-11-14-4-5-15-16(10-14)23-12-22-15/h4-5,10,13H,3,6-9,11-12H2,1-2H3,(H,18,21)/t13-/m0/s1. The molecule has 1 fully saturated rings. The van der Waals surface area contributed by atoms with Crippen molar-refractivity contribution in [1.29, 1.82) is 0 Å². The molecule has 6 nitrogen and oxygen atoms in total. The monoisotopic (exact) mass is 319 g/mol. The Kier molecular flexibility index (Phi) is 5.03. The molecule has 0 aromatic heterocycles. The molecule has 0 aliphatic carbocycles. The fourth-order valence-electron chi connectivity index (χ4n) is 3.02. The number of amides is 1. The Hall–Kier alpha value is -1.79. The van der Waals surface area contributed by atoms with Crippen LogP contribution in [0.25, 0.3) is 0 Å². The van der Waals surface area contributed by atoms with Gasteiger partial charge in [-0.2, -0.15) is 0 Å². The average molecular weight is 319 g/mol. The van der Waals surface area contributed by atoms with Crippen molar-refractivity contribution in [2.24, 2.45) is 0 Å². The summed E-state index contributed by atoms with van der Waals surface area (Å²) in [5, 5.41) is 3.02. The molecular weight excluding hydrogens is 294 g/mol. The van der Waals surface area contributed by atoms with Crippen LogP contribution in [0.2, 0.25) is 0 Å². The molecule has 1 aromatic rings. The zero-order valence-electron chi connectivity index (χ0n) is 13.9. The number of ether oxygens (including phenoxy) is 2. The molecule has 1 saturated heterocycles. The molecule has 1 N–H and O–H groups in total. The minimum Gasteiger partial charge on any atom is -0.454 e. The van der Waals surface area contributed by atoms with E-state index in [-0.39, 0.29) is 18.7 Å². The van der Waals surface area contributed by atoms with E-state index in [1.807, 2.05) is 25.1 Å². The Bertz CT molecular complexity index is 556. The van der Waals surface area contributed by atoms with Crippen LogP contribution in [0, 0.1) is 0 Å². The van der Waals surface area contributed by atoms with E-state index in [1.54, 1.807) is 0 Å². The van der Waals surface area contributed by atoms with Crippen LogP contribution in [0.15, 0.2) is 18.2 Å². The first-order valence-electron chi connectivity index (χ1n) is 8.30. The maximum atomic E-state index is 12.4. The Balaban J connectivity index is 1.49. The molecule has 23 heavy (non-hydrogen) atoms. The Morgan fingerprint density at radius 2 is 1.96 bits per heavy atom. The van der Waals surface area contributed by atoms with Crippen molar-refractivity contribution in [3.05, 3.63) is 23.8 Å². The van der Waals surface area contributed by atoms with E-state index in [1.165, 1.54) is 0 Å². The number of nitrogens with zero attached hydrogens (tertiary/aromatic N) is 2. The van der Waals surface area contributed by atoms with E-state index in [9.17, 15) is 4.79 Å². The molecule has 6 heteroatoms. The highest BCUT2D eigenvalue weighted by Crippen LogP contribution is 2.32. The van der Waals surface area contributed by atoms with Crippen molar-refractivity contribution in [1.82, 2.24) is 15.1 Å². The number of benzene rings is 1. The van der Waals surface area contributed by atoms with Crippen LogP contribution in [-0.4, -0.2) is 61.3 Å². The Labute approximate surface area is 137 Å². The summed E-state index contributed by atoms with van der Waals surface area (Å²) in [5.74, 6) is 1.59. The number of hydrogen-bond acceptors (Lipinski definition) is 5. The van der Waals surface area contributed by atoms with Crippen LogP contribution >= 0.6 is 0 Å². The van der Waals surface area contributed by atoms with Crippen molar-refractivity contribution in [3.8, 4) is 11.5 Å². The van der Waals surface area contributed by atoms with Crippen LogP contribution in [0.4, 0.5) is 0 Å². The van der Waals surface area contributed by atoms with E-state index in [4.69, 9.17) is 9.47 Å². The predicted octanol–water partition coefficient (Wildman–Crippen LogP) is 1.06. The van der Waals surface area contributed by atoms with Crippen LogP contribution in [0.1, 0.15) is 19.4 Å². The predicted molar refractivity (Wildman–Crippen MR) is 87.6 cm³/mol. The maximum Gasteiger partial charge on any atom is 0.237 e. The van der Waals surface area contributed by atoms with Gasteiger partial charge in [-0.15, -0.1) is 0 Å². The summed E-state index contributed by atoms with van der Waals surface area (Å²) in [7, 11) is 0. The topological polar surface area (TPSA) is 54.0 Å². The molecule has 126 valence electrons. The highest BCUT2D eigenvalue weighted by Gasteiger charge is 2.24. The van der Waals surface area contributed by atoms with Gasteiger partial charge in [0.05, 0.1) is 6.04 Å². The summed E-state index contributed by atoms with van der Waals surface area (Å²) < 4.78 is 10.7. The quantitative estimate of drug-likeness (QED) is 0.879. The smallest absolute Gasteiger partial charge is 0.237 e. The second-order valence-electron chi connectivity index (χ2n) is 6.05. The summed E-state index contributed by atoms with van der Waals surface area (Å²) in [5.41, 5.74) is 1.02. The van der Waals surface area contributed by atoms with Crippen molar-refractivity contribution in [3.63, 3.8) is 0 Å². The lowest BCUT2D eigenvalue weighted by Crippen LogP contribution is -2.53. The minimum atomic E-state index is -0.0944. The molecule has 1 atom stereocenters. The molecule has 1 amide bonds. The number of nitrogens with one attached hydrogen (secondary N) is 1. The fraction of sp³-hybridized carbons (Fsp3) is 0.588. The van der Waals surface area contributed by atoms with Gasteiger partial charge in [0.2, 0.25) is 12.7 Å². The molecule has 2 aliphatic rings. The largest absolute Gasteiger partial charge is 0.454 e. The van der Waals surface area contributed by atoms with Gasteiger partial charge >= 0.3 is 0 Å². The molecule has 3 rings (SSSR count). The van der Waals surface area contributed by atoms with E-state index >= 15 is 0 Å². The first kappa shape index (κ1) is 16.1. The summed E-state index contributed by atoms with van der Waals surface area (Å²) in [4.78, 5) is 17.0. The van der Waals surface area contributed by atoms with Crippen molar-refractivity contribution in [2.45, 2.75) is 26.4 Å². The third-order valence-corrected chi connectivity index (χ3v) is 4.68. The zero-order valence-corrected chi connectivity index (χ0v) is 13.9. The molecule has 1 aromatic carbocycles. The van der Waals surface area contributed by atoms with Crippen LogP contribution in [-0.2, 0) is 11.3 Å². The van der Waals surface area contributed by atoms with Gasteiger partial charge in [0, 0.05) is 32.7 Å². The number of hydrogen-bond donors (Lipinski definition) is 1. The first-order chi connectivity index (χ1) is 11.2. The SMILES string of the molecule is CCN1CCN([C@@H](C)C(=O)NCc2ccc3c(c2)OCO3)CC1. The van der Waals surface area contributed by atoms with Gasteiger partial charge in [0.15, 0.2) is 11.5 Å². The van der Waals surface area contributed by atoms with E-state index in [2.05, 4.69) is 22.0 Å². The normalized spacial score (nSPS) is 19.6. The molecule has 0 bridgehead atoms. The van der Waals surface area contributed by atoms with Gasteiger partial charge in [0.25, 0.3) is 0 Å². The van der Waals surface area contributed by atoms with Gasteiger partial charge < -0.3 is 19.7 Å².